The van der Waals surface area contributed by atoms with Crippen LogP contribution in [0.25, 0.3) is 11.4 Å². The van der Waals surface area contributed by atoms with E-state index in [1.165, 1.54) is 0 Å². The van der Waals surface area contributed by atoms with Crippen LogP contribution < -0.4 is 9.47 Å². The molecule has 0 spiro atoms. The van der Waals surface area contributed by atoms with E-state index in [9.17, 15) is 0 Å². The van der Waals surface area contributed by atoms with Crippen LogP contribution in [0.2, 0.25) is 0 Å². The monoisotopic (exact) mass is 247 g/mol. The second-order valence-electron chi connectivity index (χ2n) is 4.19. The summed E-state index contributed by atoms with van der Waals surface area (Å²) in [5, 5.41) is 4.23. The van der Waals surface area contributed by atoms with Crippen molar-refractivity contribution in [2.75, 3.05) is 14.2 Å². The molecule has 1 heterocycles. The standard InChI is InChI=1S/C13H17N3O2/c1-9(2)16-13(14-8-15-16)11-6-5-10(17-3)7-12(11)18-4/h5-9H,1-4H3. The highest BCUT2D eigenvalue weighted by Gasteiger charge is 2.15. The molecule has 0 bridgehead atoms. The van der Waals surface area contributed by atoms with Crippen LogP contribution in [-0.4, -0.2) is 29.0 Å². The minimum absolute atomic E-state index is 0.245. The largest absolute Gasteiger partial charge is 0.497 e. The van der Waals surface area contributed by atoms with Crippen molar-refractivity contribution in [3.8, 4) is 22.9 Å². The van der Waals surface area contributed by atoms with Gasteiger partial charge in [-0.15, -0.1) is 0 Å². The number of nitrogens with zero attached hydrogens (tertiary/aromatic N) is 3. The van der Waals surface area contributed by atoms with E-state index in [0.29, 0.717) is 0 Å². The molecule has 2 aromatic rings. The Kier molecular flexibility index (Phi) is 3.50. The molecule has 0 saturated heterocycles. The second-order valence-corrected chi connectivity index (χ2v) is 4.19. The lowest BCUT2D eigenvalue weighted by molar-refractivity contribution is 0.395. The van der Waals surface area contributed by atoms with Crippen molar-refractivity contribution in [1.82, 2.24) is 14.8 Å². The van der Waals surface area contributed by atoms with Gasteiger partial charge in [0.2, 0.25) is 0 Å². The summed E-state index contributed by atoms with van der Waals surface area (Å²) in [5.74, 6) is 2.28. The van der Waals surface area contributed by atoms with Gasteiger partial charge in [-0.3, -0.25) is 0 Å². The van der Waals surface area contributed by atoms with Gasteiger partial charge in [-0.2, -0.15) is 5.10 Å². The van der Waals surface area contributed by atoms with Crippen molar-refractivity contribution >= 4 is 0 Å². The van der Waals surface area contributed by atoms with Crippen LogP contribution in [0.4, 0.5) is 0 Å². The summed E-state index contributed by atoms with van der Waals surface area (Å²) in [5.41, 5.74) is 0.907. The zero-order chi connectivity index (χ0) is 13.1. The highest BCUT2D eigenvalue weighted by atomic mass is 16.5. The van der Waals surface area contributed by atoms with Crippen molar-refractivity contribution in [3.05, 3.63) is 24.5 Å². The molecule has 0 N–H and O–H groups in total. The SMILES string of the molecule is COc1ccc(-c2ncnn2C(C)C)c(OC)c1. The molecular weight excluding hydrogens is 230 g/mol. The zero-order valence-corrected chi connectivity index (χ0v) is 11.0. The fourth-order valence-electron chi connectivity index (χ4n) is 1.80. The molecule has 2 rings (SSSR count). The molecule has 18 heavy (non-hydrogen) atoms. The first kappa shape index (κ1) is 12.4. The Morgan fingerprint density at radius 1 is 1.17 bits per heavy atom. The first-order valence-electron chi connectivity index (χ1n) is 5.79. The van der Waals surface area contributed by atoms with Crippen LogP contribution in [0.1, 0.15) is 19.9 Å². The summed E-state index contributed by atoms with van der Waals surface area (Å²) in [4.78, 5) is 4.30. The summed E-state index contributed by atoms with van der Waals surface area (Å²) < 4.78 is 12.4. The molecular formula is C13H17N3O2. The number of hydrogen-bond acceptors (Lipinski definition) is 4. The van der Waals surface area contributed by atoms with Crippen LogP contribution in [0.15, 0.2) is 24.5 Å². The molecule has 0 fully saturated rings. The minimum atomic E-state index is 0.245. The quantitative estimate of drug-likeness (QED) is 0.833. The van der Waals surface area contributed by atoms with Gasteiger partial charge in [0.25, 0.3) is 0 Å². The fraction of sp³-hybridized carbons (Fsp3) is 0.385. The van der Waals surface area contributed by atoms with Gasteiger partial charge < -0.3 is 9.47 Å². The Morgan fingerprint density at radius 3 is 2.56 bits per heavy atom. The average molecular weight is 247 g/mol. The van der Waals surface area contributed by atoms with Gasteiger partial charge in [0.15, 0.2) is 5.82 Å². The molecule has 0 aliphatic carbocycles. The minimum Gasteiger partial charge on any atom is -0.497 e. The lowest BCUT2D eigenvalue weighted by Gasteiger charge is -2.13. The maximum atomic E-state index is 5.39. The molecule has 0 aliphatic heterocycles. The molecule has 0 aliphatic rings. The van der Waals surface area contributed by atoms with Crippen LogP contribution in [-0.2, 0) is 0 Å². The normalized spacial score (nSPS) is 10.7. The lowest BCUT2D eigenvalue weighted by atomic mass is 10.1. The van der Waals surface area contributed by atoms with Crippen LogP contribution >= 0.6 is 0 Å². The third-order valence-corrected chi connectivity index (χ3v) is 2.71. The zero-order valence-electron chi connectivity index (χ0n) is 11.0. The van der Waals surface area contributed by atoms with Crippen molar-refractivity contribution < 1.29 is 9.47 Å². The van der Waals surface area contributed by atoms with Gasteiger partial charge in [-0.05, 0) is 26.0 Å². The third kappa shape index (κ3) is 2.16. The number of rotatable bonds is 4. The first-order chi connectivity index (χ1) is 8.67. The number of hydrogen-bond donors (Lipinski definition) is 0. The van der Waals surface area contributed by atoms with E-state index in [1.54, 1.807) is 20.5 Å². The van der Waals surface area contributed by atoms with E-state index in [0.717, 1.165) is 22.9 Å². The molecule has 1 aromatic carbocycles. The number of benzene rings is 1. The Balaban J connectivity index is 2.53. The van der Waals surface area contributed by atoms with Gasteiger partial charge in [0.1, 0.15) is 17.8 Å². The van der Waals surface area contributed by atoms with Gasteiger partial charge in [0, 0.05) is 12.1 Å². The summed E-state index contributed by atoms with van der Waals surface area (Å²) in [7, 11) is 3.26. The molecule has 0 atom stereocenters. The highest BCUT2D eigenvalue weighted by molar-refractivity contribution is 5.66. The Bertz CT molecular complexity index is 535. The predicted octanol–water partition coefficient (Wildman–Crippen LogP) is 2.54. The van der Waals surface area contributed by atoms with Crippen molar-refractivity contribution in [3.63, 3.8) is 0 Å². The Hall–Kier alpha value is -2.04. The van der Waals surface area contributed by atoms with E-state index in [2.05, 4.69) is 23.9 Å². The molecule has 0 amide bonds. The average Bonchev–Trinajstić information content (AvgIpc) is 2.87. The smallest absolute Gasteiger partial charge is 0.162 e. The van der Waals surface area contributed by atoms with E-state index in [1.807, 2.05) is 22.9 Å². The van der Waals surface area contributed by atoms with Gasteiger partial charge in [-0.25, -0.2) is 9.67 Å². The number of ether oxygens (including phenoxy) is 2. The van der Waals surface area contributed by atoms with E-state index in [4.69, 9.17) is 9.47 Å². The Labute approximate surface area is 106 Å². The van der Waals surface area contributed by atoms with Crippen molar-refractivity contribution in [1.29, 1.82) is 0 Å². The predicted molar refractivity (Wildman–Crippen MR) is 68.9 cm³/mol. The summed E-state index contributed by atoms with van der Waals surface area (Å²) in [6.45, 7) is 4.13. The second kappa shape index (κ2) is 5.08. The van der Waals surface area contributed by atoms with Gasteiger partial charge in [0.05, 0.1) is 19.8 Å². The maximum absolute atomic E-state index is 5.39. The molecule has 1 aromatic heterocycles. The van der Waals surface area contributed by atoms with Gasteiger partial charge >= 0.3 is 0 Å². The van der Waals surface area contributed by atoms with Crippen LogP contribution in [0.3, 0.4) is 0 Å². The molecule has 5 heteroatoms. The third-order valence-electron chi connectivity index (χ3n) is 2.71. The topological polar surface area (TPSA) is 49.2 Å². The summed E-state index contributed by atoms with van der Waals surface area (Å²) >= 11 is 0. The number of methoxy groups -OCH3 is 2. The van der Waals surface area contributed by atoms with Crippen LogP contribution in [0, 0.1) is 0 Å². The lowest BCUT2D eigenvalue weighted by Crippen LogP contribution is -2.05. The number of aromatic nitrogens is 3. The van der Waals surface area contributed by atoms with Gasteiger partial charge in [-0.1, -0.05) is 0 Å². The molecule has 96 valence electrons. The Morgan fingerprint density at radius 2 is 1.94 bits per heavy atom. The highest BCUT2D eigenvalue weighted by Crippen LogP contribution is 2.32. The molecule has 0 unspecified atom stereocenters. The van der Waals surface area contributed by atoms with E-state index in [-0.39, 0.29) is 6.04 Å². The maximum Gasteiger partial charge on any atom is 0.162 e. The van der Waals surface area contributed by atoms with E-state index >= 15 is 0 Å². The summed E-state index contributed by atoms with van der Waals surface area (Å²) in [6, 6.07) is 5.90. The first-order valence-corrected chi connectivity index (χ1v) is 5.79. The summed E-state index contributed by atoms with van der Waals surface area (Å²) in [6.07, 6.45) is 1.55. The molecule has 0 radical (unpaired) electrons. The van der Waals surface area contributed by atoms with Crippen molar-refractivity contribution in [2.24, 2.45) is 0 Å². The molecule has 5 nitrogen and oxygen atoms in total. The fourth-order valence-corrected chi connectivity index (χ4v) is 1.80. The van der Waals surface area contributed by atoms with Crippen molar-refractivity contribution in [2.45, 2.75) is 19.9 Å². The van der Waals surface area contributed by atoms with Crippen LogP contribution in [0.5, 0.6) is 11.5 Å². The molecule has 0 saturated carbocycles. The van der Waals surface area contributed by atoms with E-state index < -0.39 is 0 Å².